The molecule has 0 bridgehead atoms. The molecule has 2 rings (SSSR count). The fraction of sp³-hybridized carbons (Fsp3) is 0.500. The minimum atomic E-state index is -0.399. The van der Waals surface area contributed by atoms with Crippen LogP contribution in [0.2, 0.25) is 0 Å². The average molecular weight is 302 g/mol. The van der Waals surface area contributed by atoms with Gasteiger partial charge in [-0.15, -0.1) is 12.4 Å². The molecule has 1 aliphatic rings. The molecule has 0 aliphatic carbocycles. The Balaban J connectivity index is 0.00000200. The SMILES string of the molecule is CNCC1CCCN1CC(=O)Nc1ccccc1F.Cl. The zero-order chi connectivity index (χ0) is 13.7. The second-order valence-electron chi connectivity index (χ2n) is 4.85. The van der Waals surface area contributed by atoms with Gasteiger partial charge in [0.15, 0.2) is 0 Å². The van der Waals surface area contributed by atoms with E-state index in [0.717, 1.165) is 25.9 Å². The molecule has 1 amide bonds. The third kappa shape index (κ3) is 4.44. The van der Waals surface area contributed by atoms with Crippen molar-refractivity contribution < 1.29 is 9.18 Å². The van der Waals surface area contributed by atoms with Gasteiger partial charge in [0.2, 0.25) is 5.91 Å². The summed E-state index contributed by atoms with van der Waals surface area (Å²) in [6.45, 7) is 2.13. The first-order chi connectivity index (χ1) is 9.20. The zero-order valence-electron chi connectivity index (χ0n) is 11.6. The van der Waals surface area contributed by atoms with E-state index in [4.69, 9.17) is 0 Å². The van der Waals surface area contributed by atoms with E-state index in [1.165, 1.54) is 6.07 Å². The normalized spacial score (nSPS) is 18.6. The van der Waals surface area contributed by atoms with Gasteiger partial charge in [-0.2, -0.15) is 0 Å². The lowest BCUT2D eigenvalue weighted by molar-refractivity contribution is -0.117. The Kier molecular flexibility index (Phi) is 6.91. The minimum absolute atomic E-state index is 0. The van der Waals surface area contributed by atoms with Gasteiger partial charge < -0.3 is 10.6 Å². The summed E-state index contributed by atoms with van der Waals surface area (Å²) in [7, 11) is 1.91. The topological polar surface area (TPSA) is 44.4 Å². The van der Waals surface area contributed by atoms with Crippen LogP contribution in [0.15, 0.2) is 24.3 Å². The minimum Gasteiger partial charge on any atom is -0.322 e. The smallest absolute Gasteiger partial charge is 0.238 e. The Morgan fingerprint density at radius 2 is 2.20 bits per heavy atom. The summed E-state index contributed by atoms with van der Waals surface area (Å²) in [6, 6.07) is 6.63. The summed E-state index contributed by atoms with van der Waals surface area (Å²) in [6.07, 6.45) is 2.22. The van der Waals surface area contributed by atoms with Crippen LogP contribution >= 0.6 is 12.4 Å². The van der Waals surface area contributed by atoms with Crippen LogP contribution in [0.5, 0.6) is 0 Å². The lowest BCUT2D eigenvalue weighted by atomic mass is 10.2. The van der Waals surface area contributed by atoms with E-state index in [-0.39, 0.29) is 24.0 Å². The van der Waals surface area contributed by atoms with Gasteiger partial charge >= 0.3 is 0 Å². The van der Waals surface area contributed by atoms with Gasteiger partial charge in [-0.25, -0.2) is 4.39 Å². The molecule has 1 aromatic rings. The molecule has 1 atom stereocenters. The number of rotatable bonds is 5. The number of nitrogens with zero attached hydrogens (tertiary/aromatic N) is 1. The number of halogens is 2. The van der Waals surface area contributed by atoms with Crippen molar-refractivity contribution in [2.24, 2.45) is 0 Å². The van der Waals surface area contributed by atoms with Crippen molar-refractivity contribution in [1.29, 1.82) is 0 Å². The number of benzene rings is 1. The van der Waals surface area contributed by atoms with E-state index >= 15 is 0 Å². The van der Waals surface area contributed by atoms with Gasteiger partial charge in [-0.1, -0.05) is 12.1 Å². The summed E-state index contributed by atoms with van der Waals surface area (Å²) in [5, 5.41) is 5.76. The molecule has 0 aromatic heterocycles. The number of nitrogens with one attached hydrogen (secondary N) is 2. The third-order valence-electron chi connectivity index (χ3n) is 3.43. The van der Waals surface area contributed by atoms with Gasteiger partial charge in [0.1, 0.15) is 5.82 Å². The largest absolute Gasteiger partial charge is 0.322 e. The number of para-hydroxylation sites is 1. The van der Waals surface area contributed by atoms with Crippen molar-refractivity contribution in [2.45, 2.75) is 18.9 Å². The van der Waals surface area contributed by atoms with Crippen LogP contribution < -0.4 is 10.6 Å². The molecule has 6 heteroatoms. The molecule has 1 aromatic carbocycles. The first-order valence-corrected chi connectivity index (χ1v) is 6.63. The van der Waals surface area contributed by atoms with Crippen LogP contribution in [0, 0.1) is 5.82 Å². The molecule has 1 fully saturated rings. The molecule has 2 N–H and O–H groups in total. The second kappa shape index (κ2) is 8.19. The van der Waals surface area contributed by atoms with Crippen molar-refractivity contribution in [3.8, 4) is 0 Å². The Morgan fingerprint density at radius 3 is 2.90 bits per heavy atom. The van der Waals surface area contributed by atoms with Gasteiger partial charge in [0, 0.05) is 12.6 Å². The Bertz CT molecular complexity index is 444. The predicted octanol–water partition coefficient (Wildman–Crippen LogP) is 1.87. The van der Waals surface area contributed by atoms with Gasteiger partial charge in [-0.05, 0) is 38.6 Å². The zero-order valence-corrected chi connectivity index (χ0v) is 12.4. The molecule has 0 saturated carbocycles. The molecular weight excluding hydrogens is 281 g/mol. The number of carbonyl (C=O) groups is 1. The molecule has 20 heavy (non-hydrogen) atoms. The van der Waals surface area contributed by atoms with Gasteiger partial charge in [0.25, 0.3) is 0 Å². The molecule has 0 spiro atoms. The summed E-state index contributed by atoms with van der Waals surface area (Å²) in [5.41, 5.74) is 0.247. The van der Waals surface area contributed by atoms with Crippen LogP contribution in [-0.4, -0.2) is 43.5 Å². The molecule has 1 unspecified atom stereocenters. The van der Waals surface area contributed by atoms with Crippen LogP contribution in [-0.2, 0) is 4.79 Å². The maximum Gasteiger partial charge on any atom is 0.238 e. The molecular formula is C14H21ClFN3O. The Morgan fingerprint density at radius 1 is 1.45 bits per heavy atom. The van der Waals surface area contributed by atoms with Gasteiger partial charge in [-0.3, -0.25) is 9.69 Å². The van der Waals surface area contributed by atoms with Crippen molar-refractivity contribution in [3.63, 3.8) is 0 Å². The summed E-state index contributed by atoms with van der Waals surface area (Å²) >= 11 is 0. The van der Waals surface area contributed by atoms with Crippen molar-refractivity contribution in [2.75, 3.05) is 32.0 Å². The highest BCUT2D eigenvalue weighted by Crippen LogP contribution is 2.17. The highest BCUT2D eigenvalue weighted by molar-refractivity contribution is 5.92. The lowest BCUT2D eigenvalue weighted by Crippen LogP contribution is -2.41. The number of likely N-dealkylation sites (tertiary alicyclic amines) is 1. The van der Waals surface area contributed by atoms with Crippen molar-refractivity contribution in [1.82, 2.24) is 10.2 Å². The van der Waals surface area contributed by atoms with Crippen LogP contribution in [0.3, 0.4) is 0 Å². The van der Waals surface area contributed by atoms with E-state index in [9.17, 15) is 9.18 Å². The van der Waals surface area contributed by atoms with Crippen LogP contribution in [0.25, 0.3) is 0 Å². The maximum atomic E-state index is 13.4. The van der Waals surface area contributed by atoms with Crippen molar-refractivity contribution in [3.05, 3.63) is 30.1 Å². The van der Waals surface area contributed by atoms with Gasteiger partial charge in [0.05, 0.1) is 12.2 Å². The van der Waals surface area contributed by atoms with E-state index in [0.29, 0.717) is 12.6 Å². The summed E-state index contributed by atoms with van der Waals surface area (Å²) in [5.74, 6) is -0.558. The number of anilines is 1. The number of hydrogen-bond donors (Lipinski definition) is 2. The first kappa shape index (κ1) is 16.9. The van der Waals surface area contributed by atoms with E-state index < -0.39 is 5.82 Å². The maximum absolute atomic E-state index is 13.4. The number of hydrogen-bond acceptors (Lipinski definition) is 3. The molecule has 0 radical (unpaired) electrons. The van der Waals surface area contributed by atoms with Crippen LogP contribution in [0.1, 0.15) is 12.8 Å². The fourth-order valence-electron chi connectivity index (χ4n) is 2.51. The quantitative estimate of drug-likeness (QED) is 0.873. The molecule has 1 aliphatic heterocycles. The molecule has 1 saturated heterocycles. The lowest BCUT2D eigenvalue weighted by Gasteiger charge is -2.23. The fourth-order valence-corrected chi connectivity index (χ4v) is 2.51. The predicted molar refractivity (Wildman–Crippen MR) is 80.8 cm³/mol. The highest BCUT2D eigenvalue weighted by atomic mass is 35.5. The first-order valence-electron chi connectivity index (χ1n) is 6.63. The Hall–Kier alpha value is -1.17. The molecule has 1 heterocycles. The van der Waals surface area contributed by atoms with Crippen LogP contribution in [0.4, 0.5) is 10.1 Å². The molecule has 112 valence electrons. The standard InChI is InChI=1S/C14H20FN3O.ClH/c1-16-9-11-5-4-8-18(11)10-14(19)17-13-7-3-2-6-12(13)15;/h2-3,6-7,11,16H,4-5,8-10H2,1H3,(H,17,19);1H. The number of amides is 1. The summed E-state index contributed by atoms with van der Waals surface area (Å²) in [4.78, 5) is 14.1. The second-order valence-corrected chi connectivity index (χ2v) is 4.85. The number of carbonyl (C=O) groups excluding carboxylic acids is 1. The van der Waals surface area contributed by atoms with E-state index in [1.54, 1.807) is 18.2 Å². The highest BCUT2D eigenvalue weighted by Gasteiger charge is 2.25. The summed E-state index contributed by atoms with van der Waals surface area (Å²) < 4.78 is 13.4. The molecule has 4 nitrogen and oxygen atoms in total. The monoisotopic (exact) mass is 301 g/mol. The number of likely N-dealkylation sites (N-methyl/N-ethyl adjacent to an activating group) is 1. The van der Waals surface area contributed by atoms with Crippen molar-refractivity contribution >= 4 is 24.0 Å². The Labute approximate surface area is 125 Å². The van der Waals surface area contributed by atoms with E-state index in [1.807, 2.05) is 7.05 Å². The van der Waals surface area contributed by atoms with E-state index in [2.05, 4.69) is 15.5 Å². The third-order valence-corrected chi connectivity index (χ3v) is 3.43. The average Bonchev–Trinajstić information content (AvgIpc) is 2.80.